The van der Waals surface area contributed by atoms with E-state index in [0.717, 1.165) is 17.3 Å². The van der Waals surface area contributed by atoms with Crippen molar-refractivity contribution < 1.29 is 0 Å². The Bertz CT molecular complexity index is 139. The van der Waals surface area contributed by atoms with Gasteiger partial charge < -0.3 is 0 Å². The molecule has 0 N–H and O–H groups in total. The van der Waals surface area contributed by atoms with Crippen LogP contribution in [0.5, 0.6) is 0 Å². The Morgan fingerprint density at radius 3 is 2.08 bits per heavy atom. The summed E-state index contributed by atoms with van der Waals surface area (Å²) in [5.41, 5.74) is 0.736. The Morgan fingerprint density at radius 2 is 1.67 bits per heavy atom. The highest BCUT2D eigenvalue weighted by molar-refractivity contribution is 5.06. The quantitative estimate of drug-likeness (QED) is 0.575. The number of hydrogen-bond donors (Lipinski definition) is 0. The third-order valence-corrected chi connectivity index (χ3v) is 3.90. The van der Waals surface area contributed by atoms with Gasteiger partial charge in [0, 0.05) is 0 Å². The van der Waals surface area contributed by atoms with Crippen molar-refractivity contribution in [3.8, 4) is 0 Å². The van der Waals surface area contributed by atoms with Crippen LogP contribution >= 0.6 is 0 Å². The normalized spacial score (nSPS) is 40.0. The van der Waals surface area contributed by atoms with E-state index in [4.69, 9.17) is 0 Å². The standard InChI is InChI=1S/C12H24/c1-5-8-11-10(7-3)12(11,4)9-6-2/h10-11H,5-9H2,1-4H3/t10-,11?,12?/m1/s1. The second kappa shape index (κ2) is 3.81. The van der Waals surface area contributed by atoms with Gasteiger partial charge in [-0.3, -0.25) is 0 Å². The minimum Gasteiger partial charge on any atom is -0.0654 e. The summed E-state index contributed by atoms with van der Waals surface area (Å²) in [5.74, 6) is 2.12. The maximum atomic E-state index is 2.50. The highest BCUT2D eigenvalue weighted by Crippen LogP contribution is 2.64. The predicted octanol–water partition coefficient (Wildman–Crippen LogP) is 4.25. The van der Waals surface area contributed by atoms with Crippen LogP contribution in [0.3, 0.4) is 0 Å². The first kappa shape index (κ1) is 10.1. The fraction of sp³-hybridized carbons (Fsp3) is 1.00. The molecule has 0 nitrogen and oxygen atoms in total. The Balaban J connectivity index is 2.44. The molecule has 0 radical (unpaired) electrons. The van der Waals surface area contributed by atoms with E-state index in [2.05, 4.69) is 27.7 Å². The first-order valence-electron chi connectivity index (χ1n) is 5.70. The Morgan fingerprint density at radius 1 is 1.00 bits per heavy atom. The molecule has 2 unspecified atom stereocenters. The van der Waals surface area contributed by atoms with Gasteiger partial charge in [-0.1, -0.05) is 47.0 Å². The summed E-state index contributed by atoms with van der Waals surface area (Å²) < 4.78 is 0. The summed E-state index contributed by atoms with van der Waals surface area (Å²) in [6.45, 7) is 9.50. The average molecular weight is 168 g/mol. The lowest BCUT2D eigenvalue weighted by molar-refractivity contribution is 0.421. The zero-order chi connectivity index (χ0) is 9.19. The second-order valence-corrected chi connectivity index (χ2v) is 4.67. The smallest absolute Gasteiger partial charge is 0.0264 e. The van der Waals surface area contributed by atoms with Gasteiger partial charge in [0.05, 0.1) is 0 Å². The van der Waals surface area contributed by atoms with Gasteiger partial charge in [0.1, 0.15) is 0 Å². The van der Waals surface area contributed by atoms with Gasteiger partial charge in [0.2, 0.25) is 0 Å². The molecule has 0 heterocycles. The lowest BCUT2D eigenvalue weighted by atomic mass is 9.97. The van der Waals surface area contributed by atoms with Crippen molar-refractivity contribution in [2.24, 2.45) is 17.3 Å². The Hall–Kier alpha value is 0. The predicted molar refractivity (Wildman–Crippen MR) is 55.2 cm³/mol. The van der Waals surface area contributed by atoms with Gasteiger partial charge in [-0.15, -0.1) is 0 Å². The first-order valence-corrected chi connectivity index (χ1v) is 5.70. The van der Waals surface area contributed by atoms with Crippen molar-refractivity contribution in [1.82, 2.24) is 0 Å². The lowest BCUT2D eigenvalue weighted by Gasteiger charge is -2.09. The minimum absolute atomic E-state index is 0.736. The van der Waals surface area contributed by atoms with Crippen LogP contribution in [-0.4, -0.2) is 0 Å². The van der Waals surface area contributed by atoms with Gasteiger partial charge in [-0.25, -0.2) is 0 Å². The number of hydrogen-bond acceptors (Lipinski definition) is 0. The van der Waals surface area contributed by atoms with E-state index < -0.39 is 0 Å². The molecule has 0 heteroatoms. The summed E-state index contributed by atoms with van der Waals surface area (Å²) in [6, 6.07) is 0. The molecule has 0 aromatic rings. The van der Waals surface area contributed by atoms with Gasteiger partial charge in [0.15, 0.2) is 0 Å². The van der Waals surface area contributed by atoms with E-state index in [9.17, 15) is 0 Å². The minimum atomic E-state index is 0.736. The van der Waals surface area contributed by atoms with E-state index in [1.165, 1.54) is 32.1 Å². The molecule has 3 atom stereocenters. The molecule has 1 saturated carbocycles. The Kier molecular flexibility index (Phi) is 3.20. The zero-order valence-corrected chi connectivity index (χ0v) is 9.19. The summed E-state index contributed by atoms with van der Waals surface area (Å²) in [6.07, 6.45) is 7.07. The van der Waals surface area contributed by atoms with Crippen molar-refractivity contribution in [2.45, 2.75) is 59.8 Å². The average Bonchev–Trinajstić information content (AvgIpc) is 2.57. The topological polar surface area (TPSA) is 0 Å². The fourth-order valence-corrected chi connectivity index (χ4v) is 3.27. The van der Waals surface area contributed by atoms with Crippen LogP contribution in [0.4, 0.5) is 0 Å². The zero-order valence-electron chi connectivity index (χ0n) is 9.19. The SMILES string of the molecule is CCCC1[C@@H](CC)C1(C)CCC. The highest BCUT2D eigenvalue weighted by Gasteiger charge is 2.57. The molecule has 1 fully saturated rings. The number of rotatable bonds is 5. The molecule has 0 spiro atoms. The molecule has 0 aromatic heterocycles. The maximum absolute atomic E-state index is 2.50. The molecule has 0 amide bonds. The van der Waals surface area contributed by atoms with Gasteiger partial charge >= 0.3 is 0 Å². The van der Waals surface area contributed by atoms with Crippen molar-refractivity contribution in [3.63, 3.8) is 0 Å². The van der Waals surface area contributed by atoms with Crippen molar-refractivity contribution in [1.29, 1.82) is 0 Å². The molecule has 1 aliphatic rings. The van der Waals surface area contributed by atoms with E-state index in [1.54, 1.807) is 0 Å². The van der Waals surface area contributed by atoms with Crippen LogP contribution in [0.2, 0.25) is 0 Å². The van der Waals surface area contributed by atoms with Gasteiger partial charge in [-0.05, 0) is 30.1 Å². The highest BCUT2D eigenvalue weighted by atomic mass is 14.6. The molecule has 12 heavy (non-hydrogen) atoms. The third-order valence-electron chi connectivity index (χ3n) is 3.90. The van der Waals surface area contributed by atoms with E-state index in [1.807, 2.05) is 0 Å². The van der Waals surface area contributed by atoms with E-state index in [-0.39, 0.29) is 0 Å². The first-order chi connectivity index (χ1) is 5.70. The van der Waals surface area contributed by atoms with Gasteiger partial charge in [-0.2, -0.15) is 0 Å². The van der Waals surface area contributed by atoms with Gasteiger partial charge in [0.25, 0.3) is 0 Å². The second-order valence-electron chi connectivity index (χ2n) is 4.67. The van der Waals surface area contributed by atoms with Crippen LogP contribution in [0.25, 0.3) is 0 Å². The van der Waals surface area contributed by atoms with Crippen LogP contribution < -0.4 is 0 Å². The Labute approximate surface area is 77.7 Å². The summed E-state index contributed by atoms with van der Waals surface area (Å²) in [4.78, 5) is 0. The monoisotopic (exact) mass is 168 g/mol. The van der Waals surface area contributed by atoms with E-state index >= 15 is 0 Å². The van der Waals surface area contributed by atoms with Crippen molar-refractivity contribution in [2.75, 3.05) is 0 Å². The summed E-state index contributed by atoms with van der Waals surface area (Å²) in [5, 5.41) is 0. The van der Waals surface area contributed by atoms with Crippen LogP contribution in [0.15, 0.2) is 0 Å². The van der Waals surface area contributed by atoms with Crippen LogP contribution in [0.1, 0.15) is 59.8 Å². The molecular weight excluding hydrogens is 144 g/mol. The third kappa shape index (κ3) is 1.53. The van der Waals surface area contributed by atoms with Crippen LogP contribution in [0, 0.1) is 17.3 Å². The molecular formula is C12H24. The molecule has 0 aromatic carbocycles. The molecule has 1 rings (SSSR count). The summed E-state index contributed by atoms with van der Waals surface area (Å²) >= 11 is 0. The lowest BCUT2D eigenvalue weighted by Crippen LogP contribution is -1.98. The molecule has 72 valence electrons. The van der Waals surface area contributed by atoms with Crippen LogP contribution in [-0.2, 0) is 0 Å². The molecule has 0 bridgehead atoms. The largest absolute Gasteiger partial charge is 0.0654 e. The van der Waals surface area contributed by atoms with Crippen molar-refractivity contribution in [3.05, 3.63) is 0 Å². The fourth-order valence-electron chi connectivity index (χ4n) is 3.27. The summed E-state index contributed by atoms with van der Waals surface area (Å²) in [7, 11) is 0. The molecule has 0 saturated heterocycles. The van der Waals surface area contributed by atoms with E-state index in [0.29, 0.717) is 0 Å². The molecule has 0 aliphatic heterocycles. The maximum Gasteiger partial charge on any atom is -0.0264 e. The van der Waals surface area contributed by atoms with Crippen molar-refractivity contribution >= 4 is 0 Å². The molecule has 1 aliphatic carbocycles.